The molecule has 1 aliphatic rings. The summed E-state index contributed by atoms with van der Waals surface area (Å²) in [5, 5.41) is 5.30. The van der Waals surface area contributed by atoms with Crippen LogP contribution in [0.1, 0.15) is 25.7 Å². The molecule has 0 aliphatic heterocycles. The Morgan fingerprint density at radius 1 is 1.23 bits per heavy atom. The number of likely N-dealkylation sites (N-methyl/N-ethyl adjacent to an activating group) is 1. The van der Waals surface area contributed by atoms with Crippen molar-refractivity contribution in [2.75, 3.05) is 19.0 Å². The van der Waals surface area contributed by atoms with Crippen LogP contribution in [0.15, 0.2) is 24.3 Å². The van der Waals surface area contributed by atoms with Gasteiger partial charge in [0.15, 0.2) is 6.61 Å². The first-order chi connectivity index (χ1) is 10.0. The predicted octanol–water partition coefficient (Wildman–Crippen LogP) is 1.44. The van der Waals surface area contributed by atoms with Crippen LogP contribution in [0.3, 0.4) is 0 Å². The molecule has 0 heterocycles. The molecule has 7 heteroatoms. The number of ether oxygens (including phenoxy) is 1. The van der Waals surface area contributed by atoms with Gasteiger partial charge in [-0.3, -0.25) is 9.59 Å². The van der Waals surface area contributed by atoms with Gasteiger partial charge in [-0.2, -0.15) is 0 Å². The topological polar surface area (TPSA) is 93.5 Å². The maximum Gasteiger partial charge on any atom is 0.257 e. The Hall–Kier alpha value is -1.79. The first kappa shape index (κ1) is 18.3. The predicted molar refractivity (Wildman–Crippen MR) is 87.3 cm³/mol. The van der Waals surface area contributed by atoms with E-state index in [4.69, 9.17) is 10.5 Å². The van der Waals surface area contributed by atoms with Crippen LogP contribution in [-0.2, 0) is 9.59 Å². The Morgan fingerprint density at radius 3 is 2.36 bits per heavy atom. The lowest BCUT2D eigenvalue weighted by Gasteiger charge is -2.22. The molecule has 0 unspecified atom stereocenters. The summed E-state index contributed by atoms with van der Waals surface area (Å²) in [7, 11) is 1.55. The molecule has 0 radical (unpaired) electrons. The number of carbonyl (C=O) groups is 2. The van der Waals surface area contributed by atoms with Gasteiger partial charge < -0.3 is 21.1 Å². The van der Waals surface area contributed by atoms with E-state index in [9.17, 15) is 9.59 Å². The smallest absolute Gasteiger partial charge is 0.257 e. The van der Waals surface area contributed by atoms with E-state index < -0.39 is 5.54 Å². The highest BCUT2D eigenvalue weighted by molar-refractivity contribution is 5.98. The Balaban J connectivity index is 0.00000242. The molecule has 2 rings (SSSR count). The number of rotatable bonds is 5. The average molecular weight is 328 g/mol. The van der Waals surface area contributed by atoms with Crippen molar-refractivity contribution >= 4 is 29.9 Å². The summed E-state index contributed by atoms with van der Waals surface area (Å²) in [6, 6.07) is 6.87. The highest BCUT2D eigenvalue weighted by Crippen LogP contribution is 2.28. The van der Waals surface area contributed by atoms with Crippen molar-refractivity contribution in [1.29, 1.82) is 0 Å². The zero-order chi connectivity index (χ0) is 15.3. The molecule has 0 spiro atoms. The molecule has 22 heavy (non-hydrogen) atoms. The highest BCUT2D eigenvalue weighted by atomic mass is 35.5. The van der Waals surface area contributed by atoms with Crippen molar-refractivity contribution in [1.82, 2.24) is 5.32 Å². The zero-order valence-corrected chi connectivity index (χ0v) is 13.4. The van der Waals surface area contributed by atoms with E-state index in [-0.39, 0.29) is 30.8 Å². The lowest BCUT2D eigenvalue weighted by atomic mass is 9.98. The molecule has 0 aromatic heterocycles. The van der Waals surface area contributed by atoms with Crippen LogP contribution in [-0.4, -0.2) is 31.0 Å². The van der Waals surface area contributed by atoms with E-state index in [1.54, 1.807) is 31.3 Å². The largest absolute Gasteiger partial charge is 0.484 e. The number of nitrogens with one attached hydrogen (secondary N) is 2. The quantitative estimate of drug-likeness (QED) is 0.763. The third-order valence-corrected chi connectivity index (χ3v) is 3.71. The SMILES string of the molecule is CNC(=O)COc1ccc(NC(=O)C2(N)CCCC2)cc1.Cl. The van der Waals surface area contributed by atoms with Gasteiger partial charge >= 0.3 is 0 Å². The molecule has 2 amide bonds. The lowest BCUT2D eigenvalue weighted by Crippen LogP contribution is -2.48. The zero-order valence-electron chi connectivity index (χ0n) is 12.6. The minimum atomic E-state index is -0.742. The number of anilines is 1. The molecule has 0 bridgehead atoms. The van der Waals surface area contributed by atoms with Crippen molar-refractivity contribution in [3.8, 4) is 5.75 Å². The van der Waals surface area contributed by atoms with Crippen LogP contribution in [0.5, 0.6) is 5.75 Å². The molecule has 0 saturated heterocycles. The third-order valence-electron chi connectivity index (χ3n) is 3.71. The Labute approximate surface area is 136 Å². The number of amides is 2. The highest BCUT2D eigenvalue weighted by Gasteiger charge is 2.36. The number of hydrogen-bond acceptors (Lipinski definition) is 4. The molecular formula is C15H22ClN3O3. The van der Waals surface area contributed by atoms with Crippen molar-refractivity contribution in [3.05, 3.63) is 24.3 Å². The number of carbonyl (C=O) groups excluding carboxylic acids is 2. The van der Waals surface area contributed by atoms with Crippen LogP contribution >= 0.6 is 12.4 Å². The van der Waals surface area contributed by atoms with Crippen molar-refractivity contribution in [2.24, 2.45) is 5.73 Å². The van der Waals surface area contributed by atoms with E-state index >= 15 is 0 Å². The molecule has 6 nitrogen and oxygen atoms in total. The van der Waals surface area contributed by atoms with E-state index in [2.05, 4.69) is 10.6 Å². The van der Waals surface area contributed by atoms with E-state index in [1.165, 1.54) is 0 Å². The van der Waals surface area contributed by atoms with Crippen molar-refractivity contribution in [3.63, 3.8) is 0 Å². The van der Waals surface area contributed by atoms with Gasteiger partial charge in [0.05, 0.1) is 5.54 Å². The standard InChI is InChI=1S/C15H21N3O3.ClH/c1-17-13(19)10-21-12-6-4-11(5-7-12)18-14(20)15(16)8-2-3-9-15;/h4-7H,2-3,8-10,16H2,1H3,(H,17,19)(H,18,20);1H. The number of nitrogens with two attached hydrogens (primary N) is 1. The fourth-order valence-electron chi connectivity index (χ4n) is 2.34. The molecule has 0 atom stereocenters. The minimum absolute atomic E-state index is 0. The molecule has 122 valence electrons. The average Bonchev–Trinajstić information content (AvgIpc) is 2.94. The van der Waals surface area contributed by atoms with Crippen LogP contribution in [0, 0.1) is 0 Å². The summed E-state index contributed by atoms with van der Waals surface area (Å²) in [6.07, 6.45) is 3.45. The molecule has 1 aromatic carbocycles. The van der Waals surface area contributed by atoms with E-state index in [0.717, 1.165) is 25.7 Å². The molecule has 1 fully saturated rings. The molecular weight excluding hydrogens is 306 g/mol. The number of halogens is 1. The Kier molecular flexibility index (Phi) is 6.64. The first-order valence-electron chi connectivity index (χ1n) is 7.07. The number of hydrogen-bond donors (Lipinski definition) is 3. The van der Waals surface area contributed by atoms with Crippen LogP contribution in [0.4, 0.5) is 5.69 Å². The lowest BCUT2D eigenvalue weighted by molar-refractivity contribution is -0.122. The van der Waals surface area contributed by atoms with Gasteiger partial charge in [-0.1, -0.05) is 12.8 Å². The Morgan fingerprint density at radius 2 is 1.82 bits per heavy atom. The summed E-state index contributed by atoms with van der Waals surface area (Å²) in [4.78, 5) is 23.2. The van der Waals surface area contributed by atoms with Gasteiger partial charge in [-0.05, 0) is 37.1 Å². The third kappa shape index (κ3) is 4.61. The van der Waals surface area contributed by atoms with Gasteiger partial charge in [-0.15, -0.1) is 12.4 Å². The monoisotopic (exact) mass is 327 g/mol. The van der Waals surface area contributed by atoms with Crippen LogP contribution in [0.25, 0.3) is 0 Å². The van der Waals surface area contributed by atoms with E-state index in [0.29, 0.717) is 11.4 Å². The summed E-state index contributed by atoms with van der Waals surface area (Å²) >= 11 is 0. The van der Waals surface area contributed by atoms with Crippen LogP contribution < -0.4 is 21.1 Å². The van der Waals surface area contributed by atoms with Crippen molar-refractivity contribution in [2.45, 2.75) is 31.2 Å². The molecule has 1 aliphatic carbocycles. The normalized spacial score (nSPS) is 15.5. The maximum absolute atomic E-state index is 12.2. The first-order valence-corrected chi connectivity index (χ1v) is 7.07. The van der Waals surface area contributed by atoms with Crippen LogP contribution in [0.2, 0.25) is 0 Å². The van der Waals surface area contributed by atoms with Gasteiger partial charge in [0, 0.05) is 12.7 Å². The van der Waals surface area contributed by atoms with Gasteiger partial charge in [-0.25, -0.2) is 0 Å². The molecule has 1 saturated carbocycles. The van der Waals surface area contributed by atoms with Gasteiger partial charge in [0.2, 0.25) is 5.91 Å². The second-order valence-corrected chi connectivity index (χ2v) is 5.30. The summed E-state index contributed by atoms with van der Waals surface area (Å²) in [6.45, 7) is -0.0336. The minimum Gasteiger partial charge on any atom is -0.484 e. The summed E-state index contributed by atoms with van der Waals surface area (Å²) in [5.74, 6) is 0.234. The second kappa shape index (κ2) is 8.00. The Bertz CT molecular complexity index is 513. The summed E-state index contributed by atoms with van der Waals surface area (Å²) < 4.78 is 5.29. The van der Waals surface area contributed by atoms with E-state index in [1.807, 2.05) is 0 Å². The van der Waals surface area contributed by atoms with Crippen molar-refractivity contribution < 1.29 is 14.3 Å². The maximum atomic E-state index is 12.2. The fraction of sp³-hybridized carbons (Fsp3) is 0.467. The molecule has 1 aromatic rings. The fourth-order valence-corrected chi connectivity index (χ4v) is 2.34. The summed E-state index contributed by atoms with van der Waals surface area (Å²) in [5.41, 5.74) is 6.02. The second-order valence-electron chi connectivity index (χ2n) is 5.30. The van der Waals surface area contributed by atoms with Gasteiger partial charge in [0.1, 0.15) is 5.75 Å². The van der Waals surface area contributed by atoms with Gasteiger partial charge in [0.25, 0.3) is 5.91 Å². The number of benzene rings is 1. The molecule has 4 N–H and O–H groups in total.